The van der Waals surface area contributed by atoms with Gasteiger partial charge in [-0.2, -0.15) is 0 Å². The maximum atomic E-state index is 12.6. The standard InChI is InChI=1S/C13H12BrN3O2S/c1-9-2-4-10(5-3-9)20(18,19)17-7-6-11-13(17)15-8-12(14)16-11/h2,4,6-8H,3,5H2,1H3. The highest BCUT2D eigenvalue weighted by Crippen LogP contribution is 2.26. The summed E-state index contributed by atoms with van der Waals surface area (Å²) in [7, 11) is -3.57. The summed E-state index contributed by atoms with van der Waals surface area (Å²) in [5, 5.41) is 0. The van der Waals surface area contributed by atoms with Crippen molar-refractivity contribution in [1.82, 2.24) is 13.9 Å². The number of hydrogen-bond acceptors (Lipinski definition) is 4. The average molecular weight is 354 g/mol. The highest BCUT2D eigenvalue weighted by atomic mass is 79.9. The van der Waals surface area contributed by atoms with Crippen LogP contribution in [0, 0.1) is 0 Å². The van der Waals surface area contributed by atoms with E-state index in [1.54, 1.807) is 12.1 Å². The van der Waals surface area contributed by atoms with Gasteiger partial charge in [-0.1, -0.05) is 11.6 Å². The quantitative estimate of drug-likeness (QED) is 0.832. The van der Waals surface area contributed by atoms with Crippen LogP contribution in [0.4, 0.5) is 0 Å². The molecule has 0 saturated heterocycles. The van der Waals surface area contributed by atoms with Gasteiger partial charge in [0.25, 0.3) is 10.0 Å². The zero-order valence-corrected chi connectivity index (χ0v) is 13.1. The summed E-state index contributed by atoms with van der Waals surface area (Å²) in [4.78, 5) is 8.76. The molecule has 0 unspecified atom stereocenters. The van der Waals surface area contributed by atoms with Gasteiger partial charge in [0, 0.05) is 6.20 Å². The molecule has 0 radical (unpaired) electrons. The van der Waals surface area contributed by atoms with Crippen molar-refractivity contribution in [3.05, 3.63) is 45.7 Å². The third-order valence-corrected chi connectivity index (χ3v) is 5.43. The van der Waals surface area contributed by atoms with Gasteiger partial charge in [-0.3, -0.25) is 0 Å². The minimum Gasteiger partial charge on any atom is -0.236 e. The molecule has 1 aliphatic rings. The fraction of sp³-hybridized carbons (Fsp3) is 0.231. The van der Waals surface area contributed by atoms with Crippen LogP contribution < -0.4 is 0 Å². The van der Waals surface area contributed by atoms with Gasteiger partial charge < -0.3 is 0 Å². The molecule has 0 fully saturated rings. The maximum Gasteiger partial charge on any atom is 0.265 e. The smallest absolute Gasteiger partial charge is 0.236 e. The van der Waals surface area contributed by atoms with E-state index in [9.17, 15) is 8.42 Å². The van der Waals surface area contributed by atoms with Gasteiger partial charge in [0.2, 0.25) is 0 Å². The summed E-state index contributed by atoms with van der Waals surface area (Å²) in [6.45, 7) is 1.99. The van der Waals surface area contributed by atoms with Crippen LogP contribution in [0.3, 0.4) is 0 Å². The van der Waals surface area contributed by atoms with Crippen LogP contribution in [0.5, 0.6) is 0 Å². The molecule has 0 bridgehead atoms. The molecule has 104 valence electrons. The van der Waals surface area contributed by atoms with E-state index in [-0.39, 0.29) is 0 Å². The van der Waals surface area contributed by atoms with Crippen molar-refractivity contribution in [1.29, 1.82) is 0 Å². The van der Waals surface area contributed by atoms with Crippen LogP contribution in [0.2, 0.25) is 0 Å². The van der Waals surface area contributed by atoms with E-state index in [4.69, 9.17) is 0 Å². The van der Waals surface area contributed by atoms with Crippen LogP contribution in [-0.2, 0) is 10.0 Å². The van der Waals surface area contributed by atoms with E-state index < -0.39 is 10.0 Å². The van der Waals surface area contributed by atoms with E-state index in [1.807, 2.05) is 13.0 Å². The predicted molar refractivity (Wildman–Crippen MR) is 80.6 cm³/mol. The molecule has 20 heavy (non-hydrogen) atoms. The summed E-state index contributed by atoms with van der Waals surface area (Å²) in [5.41, 5.74) is 2.08. The first-order valence-electron chi connectivity index (χ1n) is 6.10. The summed E-state index contributed by atoms with van der Waals surface area (Å²) >= 11 is 3.22. The molecule has 2 aromatic heterocycles. The van der Waals surface area contributed by atoms with E-state index in [0.29, 0.717) is 27.1 Å². The van der Waals surface area contributed by atoms with Gasteiger partial charge in [-0.05, 0) is 47.8 Å². The Hall–Kier alpha value is -1.47. The van der Waals surface area contributed by atoms with Crippen molar-refractivity contribution in [2.45, 2.75) is 19.8 Å². The summed E-state index contributed by atoms with van der Waals surface area (Å²) in [6.07, 6.45) is 7.80. The van der Waals surface area contributed by atoms with Gasteiger partial charge in [-0.15, -0.1) is 0 Å². The van der Waals surface area contributed by atoms with E-state index >= 15 is 0 Å². The lowest BCUT2D eigenvalue weighted by Gasteiger charge is -2.13. The zero-order chi connectivity index (χ0) is 14.3. The van der Waals surface area contributed by atoms with Gasteiger partial charge in [0.05, 0.1) is 11.1 Å². The Bertz CT molecular complexity index is 850. The fourth-order valence-corrected chi connectivity index (χ4v) is 3.86. The van der Waals surface area contributed by atoms with Crippen molar-refractivity contribution < 1.29 is 8.42 Å². The average Bonchev–Trinajstić information content (AvgIpc) is 2.82. The highest BCUT2D eigenvalue weighted by molar-refractivity contribution is 9.10. The van der Waals surface area contributed by atoms with Crippen LogP contribution >= 0.6 is 15.9 Å². The maximum absolute atomic E-state index is 12.6. The largest absolute Gasteiger partial charge is 0.265 e. The van der Waals surface area contributed by atoms with E-state index in [0.717, 1.165) is 6.42 Å². The highest BCUT2D eigenvalue weighted by Gasteiger charge is 2.23. The second-order valence-corrected chi connectivity index (χ2v) is 7.34. The Labute approximate surface area is 125 Å². The van der Waals surface area contributed by atoms with Crippen molar-refractivity contribution in [2.24, 2.45) is 0 Å². The Kier molecular flexibility index (Phi) is 3.25. The molecule has 1 aliphatic carbocycles. The molecule has 0 N–H and O–H groups in total. The molecule has 3 rings (SSSR count). The van der Waals surface area contributed by atoms with Gasteiger partial charge >= 0.3 is 0 Å². The Morgan fingerprint density at radius 2 is 2.10 bits per heavy atom. The fourth-order valence-electron chi connectivity index (χ4n) is 2.12. The molecule has 2 heterocycles. The molecule has 7 heteroatoms. The molecule has 0 aliphatic heterocycles. The van der Waals surface area contributed by atoms with E-state index in [1.165, 1.54) is 21.9 Å². The lowest BCUT2D eigenvalue weighted by molar-refractivity contribution is 0.592. The number of nitrogens with zero attached hydrogens (tertiary/aromatic N) is 3. The van der Waals surface area contributed by atoms with Gasteiger partial charge in [0.15, 0.2) is 5.65 Å². The summed E-state index contributed by atoms with van der Waals surface area (Å²) in [6, 6.07) is 1.65. The molecule has 0 aromatic carbocycles. The van der Waals surface area contributed by atoms with Crippen LogP contribution in [0.15, 0.2) is 45.7 Å². The monoisotopic (exact) mass is 353 g/mol. The summed E-state index contributed by atoms with van der Waals surface area (Å²) in [5.74, 6) is 0. The zero-order valence-electron chi connectivity index (χ0n) is 10.7. The first-order chi connectivity index (χ1) is 9.48. The van der Waals surface area contributed by atoms with Crippen molar-refractivity contribution >= 4 is 37.1 Å². The SMILES string of the molecule is CC1=CC=C(S(=O)(=O)n2ccc3nc(Br)cnc32)CC1. The Morgan fingerprint density at radius 1 is 1.30 bits per heavy atom. The second-order valence-electron chi connectivity index (χ2n) is 4.66. The Morgan fingerprint density at radius 3 is 2.80 bits per heavy atom. The van der Waals surface area contributed by atoms with Crippen LogP contribution in [0.25, 0.3) is 11.2 Å². The molecule has 5 nitrogen and oxygen atoms in total. The van der Waals surface area contributed by atoms with Crippen molar-refractivity contribution in [3.63, 3.8) is 0 Å². The third-order valence-electron chi connectivity index (χ3n) is 3.24. The molecule has 0 spiro atoms. The number of allylic oxidation sites excluding steroid dienone is 4. The van der Waals surface area contributed by atoms with Crippen molar-refractivity contribution in [2.75, 3.05) is 0 Å². The number of halogens is 1. The Balaban J connectivity index is 2.15. The minimum absolute atomic E-state index is 0.348. The molecular formula is C13H12BrN3O2S. The molecule has 2 aromatic rings. The number of aromatic nitrogens is 3. The minimum atomic E-state index is -3.57. The van der Waals surface area contributed by atoms with Crippen LogP contribution in [-0.4, -0.2) is 22.4 Å². The van der Waals surface area contributed by atoms with Crippen LogP contribution in [0.1, 0.15) is 19.8 Å². The van der Waals surface area contributed by atoms with Gasteiger partial charge in [0.1, 0.15) is 10.1 Å². The third kappa shape index (κ3) is 2.20. The first-order valence-corrected chi connectivity index (χ1v) is 8.33. The first kappa shape index (κ1) is 13.5. The molecule has 0 atom stereocenters. The lowest BCUT2D eigenvalue weighted by Crippen LogP contribution is -2.15. The number of hydrogen-bond donors (Lipinski definition) is 0. The molecule has 0 amide bonds. The summed E-state index contributed by atoms with van der Waals surface area (Å²) < 4.78 is 27.1. The predicted octanol–water partition coefficient (Wildman–Crippen LogP) is 3.00. The number of fused-ring (bicyclic) bond motifs is 1. The lowest BCUT2D eigenvalue weighted by atomic mass is 10.1. The molecule has 0 saturated carbocycles. The molecular weight excluding hydrogens is 342 g/mol. The van der Waals surface area contributed by atoms with Gasteiger partial charge in [-0.25, -0.2) is 22.4 Å². The normalized spacial score (nSPS) is 16.1. The number of rotatable bonds is 2. The second kappa shape index (κ2) is 4.82. The van der Waals surface area contributed by atoms with Crippen molar-refractivity contribution in [3.8, 4) is 0 Å². The topological polar surface area (TPSA) is 64.8 Å². The van der Waals surface area contributed by atoms with E-state index in [2.05, 4.69) is 25.9 Å².